The summed E-state index contributed by atoms with van der Waals surface area (Å²) in [6.45, 7) is 2.53. The molecule has 156 valence electrons. The van der Waals surface area contributed by atoms with Crippen molar-refractivity contribution in [2.45, 2.75) is 6.54 Å². The maximum atomic E-state index is 11.9. The molecule has 1 amide bonds. The molecule has 0 bridgehead atoms. The van der Waals surface area contributed by atoms with Gasteiger partial charge in [-0.1, -0.05) is 30.3 Å². The molecular formula is C25H24N4O2. The van der Waals surface area contributed by atoms with E-state index in [2.05, 4.69) is 45.1 Å². The van der Waals surface area contributed by atoms with Crippen molar-refractivity contribution >= 4 is 11.6 Å². The lowest BCUT2D eigenvalue weighted by Crippen LogP contribution is -2.47. The van der Waals surface area contributed by atoms with Gasteiger partial charge in [0.15, 0.2) is 0 Å². The Balaban J connectivity index is 1.62. The number of amides is 1. The number of nitrogens with one attached hydrogen (secondary N) is 1. The molecule has 1 N–H and O–H groups in total. The summed E-state index contributed by atoms with van der Waals surface area (Å²) in [5, 5.41) is 2.90. The Kier molecular flexibility index (Phi) is 5.14. The molecule has 6 nitrogen and oxygen atoms in total. The van der Waals surface area contributed by atoms with Gasteiger partial charge in [-0.25, -0.2) is 4.98 Å². The standard InChI is InChI=1S/C25H24N4O2/c1-31-21-10-7-19(8-11-21)25-22(16-28-14-13-26-24(30)17-28)29-15-20(9-12-23(29)27-25)18-5-3-2-4-6-18/h2-12,15H,13-14,16-17H2,1H3,(H,26,30). The lowest BCUT2D eigenvalue weighted by atomic mass is 10.1. The van der Waals surface area contributed by atoms with Crippen LogP contribution in [0.4, 0.5) is 0 Å². The second-order valence-electron chi connectivity index (χ2n) is 7.71. The minimum absolute atomic E-state index is 0.0658. The summed E-state index contributed by atoms with van der Waals surface area (Å²) in [5.74, 6) is 0.879. The number of aromatic nitrogens is 2. The van der Waals surface area contributed by atoms with Crippen molar-refractivity contribution in [2.75, 3.05) is 26.7 Å². The summed E-state index contributed by atoms with van der Waals surface area (Å²) in [7, 11) is 1.66. The molecule has 0 radical (unpaired) electrons. The van der Waals surface area contributed by atoms with Crippen LogP contribution in [0, 0.1) is 0 Å². The molecule has 1 aliphatic rings. The molecule has 0 atom stereocenters. The van der Waals surface area contributed by atoms with Crippen LogP contribution in [0.2, 0.25) is 0 Å². The minimum Gasteiger partial charge on any atom is -0.497 e. The number of rotatable bonds is 5. The van der Waals surface area contributed by atoms with Gasteiger partial charge in [-0.05, 0) is 47.5 Å². The highest BCUT2D eigenvalue weighted by atomic mass is 16.5. The molecule has 5 rings (SSSR count). The van der Waals surface area contributed by atoms with Crippen LogP contribution in [0.25, 0.3) is 28.0 Å². The molecule has 4 aromatic rings. The van der Waals surface area contributed by atoms with Gasteiger partial charge in [-0.3, -0.25) is 9.69 Å². The number of ether oxygens (including phenoxy) is 1. The van der Waals surface area contributed by atoms with Crippen LogP contribution in [0.3, 0.4) is 0 Å². The number of pyridine rings is 1. The summed E-state index contributed by atoms with van der Waals surface area (Å²) >= 11 is 0. The third-order valence-corrected chi connectivity index (χ3v) is 5.68. The first kappa shape index (κ1) is 19.3. The van der Waals surface area contributed by atoms with Crippen molar-refractivity contribution in [3.05, 3.63) is 78.6 Å². The molecule has 0 aliphatic carbocycles. The third kappa shape index (κ3) is 3.90. The number of carbonyl (C=O) groups is 1. The average molecular weight is 412 g/mol. The molecule has 31 heavy (non-hydrogen) atoms. The Morgan fingerprint density at radius 1 is 0.968 bits per heavy atom. The van der Waals surface area contributed by atoms with E-state index in [1.54, 1.807) is 7.11 Å². The molecule has 2 aromatic carbocycles. The van der Waals surface area contributed by atoms with E-state index >= 15 is 0 Å². The van der Waals surface area contributed by atoms with Gasteiger partial charge in [0.05, 0.1) is 25.0 Å². The van der Waals surface area contributed by atoms with Crippen molar-refractivity contribution in [2.24, 2.45) is 0 Å². The average Bonchev–Trinajstić information content (AvgIpc) is 3.17. The largest absolute Gasteiger partial charge is 0.497 e. The Labute approximate surface area is 181 Å². The van der Waals surface area contributed by atoms with Crippen LogP contribution in [-0.4, -0.2) is 46.9 Å². The van der Waals surface area contributed by atoms with Crippen LogP contribution < -0.4 is 10.1 Å². The fraction of sp³-hybridized carbons (Fsp3) is 0.200. The van der Waals surface area contributed by atoms with Crippen molar-refractivity contribution in [3.63, 3.8) is 0 Å². The topological polar surface area (TPSA) is 58.9 Å². The fourth-order valence-electron chi connectivity index (χ4n) is 4.06. The van der Waals surface area contributed by atoms with Crippen molar-refractivity contribution < 1.29 is 9.53 Å². The van der Waals surface area contributed by atoms with Crippen LogP contribution >= 0.6 is 0 Å². The smallest absolute Gasteiger partial charge is 0.234 e. The van der Waals surface area contributed by atoms with Crippen LogP contribution in [-0.2, 0) is 11.3 Å². The normalized spacial score (nSPS) is 14.5. The van der Waals surface area contributed by atoms with Crippen LogP contribution in [0.5, 0.6) is 5.75 Å². The van der Waals surface area contributed by atoms with E-state index in [1.807, 2.05) is 42.5 Å². The van der Waals surface area contributed by atoms with E-state index in [9.17, 15) is 4.79 Å². The highest BCUT2D eigenvalue weighted by Gasteiger charge is 2.21. The number of benzene rings is 2. The van der Waals surface area contributed by atoms with E-state index < -0.39 is 0 Å². The molecule has 0 saturated carbocycles. The second-order valence-corrected chi connectivity index (χ2v) is 7.71. The zero-order valence-electron chi connectivity index (χ0n) is 17.4. The van der Waals surface area contributed by atoms with Gasteiger partial charge in [0.25, 0.3) is 0 Å². The molecule has 3 heterocycles. The molecule has 2 aromatic heterocycles. The summed E-state index contributed by atoms with van der Waals surface area (Å²) in [6, 6.07) is 22.5. The predicted octanol–water partition coefficient (Wildman–Crippen LogP) is 3.61. The quantitative estimate of drug-likeness (QED) is 0.544. The fourth-order valence-corrected chi connectivity index (χ4v) is 4.06. The van der Waals surface area contributed by atoms with Gasteiger partial charge in [0.2, 0.25) is 5.91 Å². The SMILES string of the molecule is COc1ccc(-c2nc3ccc(-c4ccccc4)cn3c2CN2CCNC(=O)C2)cc1. The predicted molar refractivity (Wildman–Crippen MR) is 121 cm³/mol. The number of nitrogens with zero attached hydrogens (tertiary/aromatic N) is 3. The number of hydrogen-bond acceptors (Lipinski definition) is 4. The molecule has 1 saturated heterocycles. The van der Waals surface area contributed by atoms with Gasteiger partial charge < -0.3 is 14.5 Å². The number of hydrogen-bond donors (Lipinski definition) is 1. The Morgan fingerprint density at radius 3 is 2.48 bits per heavy atom. The van der Waals surface area contributed by atoms with Crippen molar-refractivity contribution in [1.29, 1.82) is 0 Å². The number of carbonyl (C=O) groups excluding carboxylic acids is 1. The Hall–Kier alpha value is -3.64. The zero-order valence-corrected chi connectivity index (χ0v) is 17.4. The Morgan fingerprint density at radius 2 is 1.74 bits per heavy atom. The maximum absolute atomic E-state index is 11.9. The van der Waals surface area contributed by atoms with Gasteiger partial charge in [0, 0.05) is 31.4 Å². The molecule has 1 fully saturated rings. The molecular weight excluding hydrogens is 388 g/mol. The molecule has 6 heteroatoms. The van der Waals surface area contributed by atoms with E-state index in [-0.39, 0.29) is 5.91 Å². The molecule has 1 aliphatic heterocycles. The lowest BCUT2D eigenvalue weighted by Gasteiger charge is -2.26. The minimum atomic E-state index is 0.0658. The first-order valence-electron chi connectivity index (χ1n) is 10.4. The maximum Gasteiger partial charge on any atom is 0.234 e. The Bertz CT molecular complexity index is 1220. The van der Waals surface area contributed by atoms with Crippen LogP contribution in [0.1, 0.15) is 5.69 Å². The first-order chi connectivity index (χ1) is 15.2. The van der Waals surface area contributed by atoms with Gasteiger partial charge in [-0.15, -0.1) is 0 Å². The number of imidazole rings is 1. The van der Waals surface area contributed by atoms with Crippen molar-refractivity contribution in [1.82, 2.24) is 19.6 Å². The highest BCUT2D eigenvalue weighted by Crippen LogP contribution is 2.29. The third-order valence-electron chi connectivity index (χ3n) is 5.68. The molecule has 0 unspecified atom stereocenters. The number of piperazine rings is 1. The van der Waals surface area contributed by atoms with Gasteiger partial charge in [0.1, 0.15) is 11.4 Å². The van der Waals surface area contributed by atoms with E-state index in [0.717, 1.165) is 46.0 Å². The van der Waals surface area contributed by atoms with Crippen molar-refractivity contribution in [3.8, 4) is 28.1 Å². The summed E-state index contributed by atoms with van der Waals surface area (Å²) in [4.78, 5) is 19.1. The lowest BCUT2D eigenvalue weighted by molar-refractivity contribution is -0.124. The molecule has 0 spiro atoms. The van der Waals surface area contributed by atoms with Gasteiger partial charge >= 0.3 is 0 Å². The summed E-state index contributed by atoms with van der Waals surface area (Å²) in [6.07, 6.45) is 2.14. The zero-order chi connectivity index (χ0) is 21.2. The van der Waals surface area contributed by atoms with Crippen LogP contribution in [0.15, 0.2) is 72.9 Å². The van der Waals surface area contributed by atoms with E-state index in [4.69, 9.17) is 9.72 Å². The monoisotopic (exact) mass is 412 g/mol. The van der Waals surface area contributed by atoms with Gasteiger partial charge in [-0.2, -0.15) is 0 Å². The first-order valence-corrected chi connectivity index (χ1v) is 10.4. The number of fused-ring (bicyclic) bond motifs is 1. The van der Waals surface area contributed by atoms with E-state index in [0.29, 0.717) is 19.6 Å². The summed E-state index contributed by atoms with van der Waals surface area (Å²) < 4.78 is 7.48. The highest BCUT2D eigenvalue weighted by molar-refractivity contribution is 5.78. The second kappa shape index (κ2) is 8.24. The summed E-state index contributed by atoms with van der Waals surface area (Å²) in [5.41, 5.74) is 6.22. The number of methoxy groups -OCH3 is 1. The van der Waals surface area contributed by atoms with E-state index in [1.165, 1.54) is 0 Å².